The third-order valence-electron chi connectivity index (χ3n) is 5.12. The Kier molecular flexibility index (Phi) is 8.11. The number of thioether (sulfide) groups is 1. The zero-order valence-corrected chi connectivity index (χ0v) is 20.2. The van der Waals surface area contributed by atoms with Gasteiger partial charge in [-0.25, -0.2) is 4.99 Å². The van der Waals surface area contributed by atoms with Crippen molar-refractivity contribution in [1.82, 2.24) is 5.32 Å². The summed E-state index contributed by atoms with van der Waals surface area (Å²) in [5, 5.41) is 2.78. The molecule has 1 unspecified atom stereocenters. The minimum absolute atomic E-state index is 0.151. The number of methoxy groups -OCH3 is 1. The van der Waals surface area contributed by atoms with E-state index in [2.05, 4.69) is 42.9 Å². The number of amidine groups is 1. The van der Waals surface area contributed by atoms with Gasteiger partial charge in [0.25, 0.3) is 5.91 Å². The molecule has 172 valence electrons. The highest BCUT2D eigenvalue weighted by atomic mass is 32.2. The van der Waals surface area contributed by atoms with Crippen LogP contribution in [0.1, 0.15) is 37.8 Å². The van der Waals surface area contributed by atoms with Crippen molar-refractivity contribution in [2.45, 2.75) is 31.9 Å². The largest absolute Gasteiger partial charge is 0.497 e. The van der Waals surface area contributed by atoms with Crippen molar-refractivity contribution in [2.75, 3.05) is 18.6 Å². The molecule has 1 aliphatic heterocycles. The Hall–Kier alpha value is -3.32. The fourth-order valence-corrected chi connectivity index (χ4v) is 4.17. The quantitative estimate of drug-likeness (QED) is 0.442. The molecule has 1 N–H and O–H groups in total. The summed E-state index contributed by atoms with van der Waals surface area (Å²) in [4.78, 5) is 31.9. The number of anilines is 1. The normalized spacial score (nSPS) is 15.5. The highest BCUT2D eigenvalue weighted by Gasteiger charge is 2.34. The lowest BCUT2D eigenvalue weighted by atomic mass is 10.0. The molecule has 0 radical (unpaired) electrons. The SMILES string of the molecule is C=CCNC(=O)C(C)SC1=NC(=Cc2ccc(C(C)C)cc2)C(=O)N1c1cccc(OC)c1. The summed E-state index contributed by atoms with van der Waals surface area (Å²) in [6.45, 7) is 10.1. The van der Waals surface area contributed by atoms with Gasteiger partial charge in [0, 0.05) is 12.6 Å². The van der Waals surface area contributed by atoms with Crippen molar-refractivity contribution in [3.8, 4) is 5.75 Å². The molecule has 0 spiro atoms. The van der Waals surface area contributed by atoms with Crippen molar-refractivity contribution in [3.63, 3.8) is 0 Å². The molecule has 1 heterocycles. The van der Waals surface area contributed by atoms with Crippen molar-refractivity contribution >= 4 is 40.5 Å². The van der Waals surface area contributed by atoms with Crippen LogP contribution in [0, 0.1) is 0 Å². The van der Waals surface area contributed by atoms with Gasteiger partial charge in [-0.1, -0.05) is 62.0 Å². The summed E-state index contributed by atoms with van der Waals surface area (Å²) in [6.07, 6.45) is 3.40. The van der Waals surface area contributed by atoms with E-state index in [1.165, 1.54) is 22.2 Å². The van der Waals surface area contributed by atoms with Crippen LogP contribution in [-0.2, 0) is 9.59 Å². The smallest absolute Gasteiger partial charge is 0.283 e. The predicted molar refractivity (Wildman–Crippen MR) is 137 cm³/mol. The summed E-state index contributed by atoms with van der Waals surface area (Å²) in [5.74, 6) is 0.654. The lowest BCUT2D eigenvalue weighted by molar-refractivity contribution is -0.120. The monoisotopic (exact) mass is 463 g/mol. The van der Waals surface area contributed by atoms with E-state index in [1.807, 2.05) is 30.3 Å². The van der Waals surface area contributed by atoms with E-state index in [9.17, 15) is 9.59 Å². The first-order valence-electron chi connectivity index (χ1n) is 10.8. The van der Waals surface area contributed by atoms with Crippen LogP contribution in [-0.4, -0.2) is 35.9 Å². The van der Waals surface area contributed by atoms with Gasteiger partial charge in [-0.05, 0) is 42.2 Å². The zero-order chi connectivity index (χ0) is 24.0. The van der Waals surface area contributed by atoms with E-state index in [-0.39, 0.29) is 11.8 Å². The number of benzene rings is 2. The zero-order valence-electron chi connectivity index (χ0n) is 19.4. The molecule has 0 fully saturated rings. The fourth-order valence-electron chi connectivity index (χ4n) is 3.22. The summed E-state index contributed by atoms with van der Waals surface area (Å²) in [7, 11) is 1.58. The first-order chi connectivity index (χ1) is 15.8. The highest BCUT2D eigenvalue weighted by molar-refractivity contribution is 8.15. The number of nitrogens with zero attached hydrogens (tertiary/aromatic N) is 2. The van der Waals surface area contributed by atoms with E-state index in [0.717, 1.165) is 5.56 Å². The third-order valence-corrected chi connectivity index (χ3v) is 6.17. The van der Waals surface area contributed by atoms with Gasteiger partial charge in [0.05, 0.1) is 18.0 Å². The Morgan fingerprint density at radius 2 is 1.94 bits per heavy atom. The molecule has 0 aliphatic carbocycles. The predicted octanol–water partition coefficient (Wildman–Crippen LogP) is 4.99. The molecular formula is C26H29N3O3S. The van der Waals surface area contributed by atoms with Gasteiger partial charge in [-0.15, -0.1) is 6.58 Å². The van der Waals surface area contributed by atoms with E-state index < -0.39 is 5.25 Å². The molecule has 7 heteroatoms. The molecule has 2 aromatic carbocycles. The van der Waals surface area contributed by atoms with Crippen LogP contribution in [0.4, 0.5) is 5.69 Å². The number of amides is 2. The molecule has 1 atom stereocenters. The van der Waals surface area contributed by atoms with Crippen LogP contribution in [0.3, 0.4) is 0 Å². The van der Waals surface area contributed by atoms with Gasteiger partial charge in [0.1, 0.15) is 11.4 Å². The maximum atomic E-state index is 13.4. The average Bonchev–Trinajstić information content (AvgIpc) is 3.11. The summed E-state index contributed by atoms with van der Waals surface area (Å²) in [5.41, 5.74) is 3.06. The number of hydrogen-bond acceptors (Lipinski definition) is 5. The molecule has 2 amide bonds. The molecular weight excluding hydrogens is 434 g/mol. The maximum absolute atomic E-state index is 13.4. The Morgan fingerprint density at radius 1 is 1.21 bits per heavy atom. The minimum atomic E-state index is -0.450. The van der Waals surface area contributed by atoms with Crippen molar-refractivity contribution in [3.05, 3.63) is 78.0 Å². The van der Waals surface area contributed by atoms with Gasteiger partial charge in [0.2, 0.25) is 5.91 Å². The van der Waals surface area contributed by atoms with Gasteiger partial charge >= 0.3 is 0 Å². The number of hydrogen-bond donors (Lipinski definition) is 1. The molecule has 0 aromatic heterocycles. The van der Waals surface area contributed by atoms with Crippen LogP contribution in [0.2, 0.25) is 0 Å². The summed E-state index contributed by atoms with van der Waals surface area (Å²) >= 11 is 1.23. The van der Waals surface area contributed by atoms with Crippen LogP contribution >= 0.6 is 11.8 Å². The Balaban J connectivity index is 1.95. The van der Waals surface area contributed by atoms with Crippen LogP contribution in [0.25, 0.3) is 6.08 Å². The molecule has 2 aromatic rings. The number of rotatable bonds is 8. The number of aliphatic imine (C=N–C) groups is 1. The molecule has 6 nitrogen and oxygen atoms in total. The Bertz CT molecular complexity index is 1090. The number of carbonyl (C=O) groups is 2. The molecule has 3 rings (SSSR count). The maximum Gasteiger partial charge on any atom is 0.283 e. The summed E-state index contributed by atoms with van der Waals surface area (Å²) in [6, 6.07) is 15.3. The van der Waals surface area contributed by atoms with E-state index in [1.54, 1.807) is 32.3 Å². The van der Waals surface area contributed by atoms with Crippen LogP contribution < -0.4 is 15.0 Å². The average molecular weight is 464 g/mol. The number of carbonyl (C=O) groups excluding carboxylic acids is 2. The topological polar surface area (TPSA) is 71.0 Å². The number of nitrogens with one attached hydrogen (secondary N) is 1. The van der Waals surface area contributed by atoms with E-state index in [0.29, 0.717) is 34.8 Å². The second kappa shape index (κ2) is 11.0. The second-order valence-electron chi connectivity index (χ2n) is 7.88. The van der Waals surface area contributed by atoms with Crippen molar-refractivity contribution < 1.29 is 14.3 Å². The van der Waals surface area contributed by atoms with Crippen molar-refractivity contribution in [1.29, 1.82) is 0 Å². The molecule has 0 bridgehead atoms. The van der Waals surface area contributed by atoms with Crippen LogP contribution in [0.5, 0.6) is 5.75 Å². The standard InChI is InChI=1S/C26H29N3O3S/c1-6-14-27-24(30)18(4)33-26-28-23(15-19-10-12-20(13-11-19)17(2)3)25(31)29(26)21-8-7-9-22(16-21)32-5/h6-13,15-18H,1,14H2,2-5H3,(H,27,30). The lowest BCUT2D eigenvalue weighted by Crippen LogP contribution is -2.35. The Labute approximate surface area is 199 Å². The molecule has 33 heavy (non-hydrogen) atoms. The molecule has 0 saturated carbocycles. The first-order valence-corrected chi connectivity index (χ1v) is 11.7. The van der Waals surface area contributed by atoms with Gasteiger partial charge in [-0.3, -0.25) is 14.5 Å². The first kappa shape index (κ1) is 24.3. The second-order valence-corrected chi connectivity index (χ2v) is 9.19. The van der Waals surface area contributed by atoms with E-state index >= 15 is 0 Å². The van der Waals surface area contributed by atoms with Gasteiger partial charge in [0.15, 0.2) is 5.17 Å². The molecule has 1 aliphatic rings. The highest BCUT2D eigenvalue weighted by Crippen LogP contribution is 2.33. The van der Waals surface area contributed by atoms with Crippen molar-refractivity contribution in [2.24, 2.45) is 4.99 Å². The van der Waals surface area contributed by atoms with E-state index in [4.69, 9.17) is 4.74 Å². The van der Waals surface area contributed by atoms with Crippen LogP contribution in [0.15, 0.2) is 71.9 Å². The van der Waals surface area contributed by atoms with Gasteiger partial charge in [-0.2, -0.15) is 0 Å². The summed E-state index contributed by atoms with van der Waals surface area (Å²) < 4.78 is 5.33. The third kappa shape index (κ3) is 5.93. The number of ether oxygens (including phenoxy) is 1. The molecule has 0 saturated heterocycles. The van der Waals surface area contributed by atoms with Gasteiger partial charge < -0.3 is 10.1 Å². The Morgan fingerprint density at radius 3 is 2.58 bits per heavy atom. The minimum Gasteiger partial charge on any atom is -0.497 e. The fraction of sp³-hybridized carbons (Fsp3) is 0.269. The lowest BCUT2D eigenvalue weighted by Gasteiger charge is -2.20.